The molecule has 1 fully saturated rings. The summed E-state index contributed by atoms with van der Waals surface area (Å²) < 4.78 is 0. The Balaban J connectivity index is 2.20. The highest BCUT2D eigenvalue weighted by molar-refractivity contribution is 6.30. The maximum Gasteiger partial charge on any atom is 0.0431 e. The molecule has 1 aliphatic rings. The Kier molecular flexibility index (Phi) is 4.98. The average molecular weight is 295 g/mol. The third kappa shape index (κ3) is 3.67. The summed E-state index contributed by atoms with van der Waals surface area (Å²) in [6.45, 7) is 12.2. The van der Waals surface area contributed by atoms with E-state index in [1.54, 1.807) is 0 Å². The molecule has 1 saturated heterocycles. The second-order valence-corrected chi connectivity index (χ2v) is 7.30. The fourth-order valence-corrected chi connectivity index (χ4v) is 3.15. The highest BCUT2D eigenvalue weighted by Gasteiger charge is 2.33. The summed E-state index contributed by atoms with van der Waals surface area (Å²) in [5.41, 5.74) is 2.89. The molecule has 0 atom stereocenters. The number of hydrogen-bond donors (Lipinski definition) is 1. The summed E-state index contributed by atoms with van der Waals surface area (Å²) in [7, 11) is 0. The van der Waals surface area contributed by atoms with Crippen molar-refractivity contribution in [1.82, 2.24) is 5.32 Å². The van der Waals surface area contributed by atoms with Crippen LogP contribution in [0.3, 0.4) is 0 Å². The highest BCUT2D eigenvalue weighted by Crippen LogP contribution is 2.36. The van der Waals surface area contributed by atoms with Crippen molar-refractivity contribution in [2.45, 2.75) is 52.6 Å². The predicted octanol–water partition coefficient (Wildman–Crippen LogP) is 4.46. The molecule has 1 aromatic carbocycles. The van der Waals surface area contributed by atoms with Crippen LogP contribution in [0.1, 0.15) is 46.1 Å². The summed E-state index contributed by atoms with van der Waals surface area (Å²) in [4.78, 5) is 2.52. The molecule has 0 spiro atoms. The van der Waals surface area contributed by atoms with Gasteiger partial charge in [-0.05, 0) is 56.8 Å². The van der Waals surface area contributed by atoms with Crippen LogP contribution in [-0.2, 0) is 6.54 Å². The van der Waals surface area contributed by atoms with Gasteiger partial charge in [0.25, 0.3) is 0 Å². The fourth-order valence-electron chi connectivity index (χ4n) is 2.99. The minimum absolute atomic E-state index is 0.234. The molecule has 2 rings (SSSR count). The van der Waals surface area contributed by atoms with Gasteiger partial charge in [0, 0.05) is 29.3 Å². The first-order valence-electron chi connectivity index (χ1n) is 7.67. The van der Waals surface area contributed by atoms with Crippen LogP contribution in [0.15, 0.2) is 18.2 Å². The molecule has 1 heterocycles. The van der Waals surface area contributed by atoms with Crippen LogP contribution >= 0.6 is 11.6 Å². The van der Waals surface area contributed by atoms with E-state index in [-0.39, 0.29) is 5.54 Å². The Morgan fingerprint density at radius 2 is 2.10 bits per heavy atom. The van der Waals surface area contributed by atoms with E-state index in [0.717, 1.165) is 24.7 Å². The Morgan fingerprint density at radius 3 is 2.70 bits per heavy atom. The molecule has 1 aromatic rings. The summed E-state index contributed by atoms with van der Waals surface area (Å²) in [6.07, 6.45) is 2.51. The van der Waals surface area contributed by atoms with Crippen LogP contribution in [0, 0.1) is 5.92 Å². The molecule has 0 unspecified atom stereocenters. The number of rotatable bonds is 5. The van der Waals surface area contributed by atoms with E-state index in [4.69, 9.17) is 11.6 Å². The van der Waals surface area contributed by atoms with Crippen molar-refractivity contribution in [3.8, 4) is 0 Å². The topological polar surface area (TPSA) is 15.3 Å². The van der Waals surface area contributed by atoms with Crippen molar-refractivity contribution in [2.24, 2.45) is 5.92 Å². The second kappa shape index (κ2) is 6.36. The van der Waals surface area contributed by atoms with Gasteiger partial charge in [0.05, 0.1) is 0 Å². The minimum atomic E-state index is 0.234. The quantitative estimate of drug-likeness (QED) is 0.862. The van der Waals surface area contributed by atoms with Crippen LogP contribution in [0.4, 0.5) is 5.69 Å². The molecule has 1 aliphatic heterocycles. The molecule has 3 heteroatoms. The molecule has 0 aliphatic carbocycles. The maximum absolute atomic E-state index is 6.23. The number of anilines is 1. The van der Waals surface area contributed by atoms with Crippen LogP contribution in [0.2, 0.25) is 5.02 Å². The van der Waals surface area contributed by atoms with E-state index < -0.39 is 0 Å². The van der Waals surface area contributed by atoms with Gasteiger partial charge in [-0.3, -0.25) is 0 Å². The lowest BCUT2D eigenvalue weighted by atomic mass is 10.0. The second-order valence-electron chi connectivity index (χ2n) is 6.87. The molecule has 20 heavy (non-hydrogen) atoms. The van der Waals surface area contributed by atoms with Crippen molar-refractivity contribution in [2.75, 3.05) is 18.0 Å². The van der Waals surface area contributed by atoms with E-state index in [0.29, 0.717) is 5.92 Å². The monoisotopic (exact) mass is 294 g/mol. The van der Waals surface area contributed by atoms with Gasteiger partial charge in [-0.15, -0.1) is 0 Å². The molecule has 0 radical (unpaired) electrons. The van der Waals surface area contributed by atoms with E-state index >= 15 is 0 Å². The van der Waals surface area contributed by atoms with E-state index in [1.807, 2.05) is 6.07 Å². The van der Waals surface area contributed by atoms with Crippen LogP contribution < -0.4 is 10.2 Å². The molecule has 112 valence electrons. The van der Waals surface area contributed by atoms with Crippen molar-refractivity contribution < 1.29 is 0 Å². The Morgan fingerprint density at radius 1 is 1.35 bits per heavy atom. The molecule has 2 nitrogen and oxygen atoms in total. The summed E-state index contributed by atoms with van der Waals surface area (Å²) in [5, 5.41) is 4.37. The number of halogens is 1. The zero-order chi connectivity index (χ0) is 14.8. The number of hydrogen-bond acceptors (Lipinski definition) is 2. The molecule has 1 N–H and O–H groups in total. The number of nitrogens with one attached hydrogen (secondary N) is 1. The van der Waals surface area contributed by atoms with Gasteiger partial charge >= 0.3 is 0 Å². The third-order valence-corrected chi connectivity index (χ3v) is 4.34. The fraction of sp³-hybridized carbons (Fsp3) is 0.647. The van der Waals surface area contributed by atoms with Gasteiger partial charge in [-0.1, -0.05) is 31.5 Å². The maximum atomic E-state index is 6.23. The van der Waals surface area contributed by atoms with Gasteiger partial charge < -0.3 is 10.2 Å². The minimum Gasteiger partial charge on any atom is -0.366 e. The van der Waals surface area contributed by atoms with E-state index in [9.17, 15) is 0 Å². The summed E-state index contributed by atoms with van der Waals surface area (Å²) >= 11 is 6.23. The van der Waals surface area contributed by atoms with Crippen molar-refractivity contribution in [3.63, 3.8) is 0 Å². The first-order valence-corrected chi connectivity index (χ1v) is 8.05. The molecule has 0 saturated carbocycles. The first kappa shape index (κ1) is 15.7. The van der Waals surface area contributed by atoms with Crippen LogP contribution in [-0.4, -0.2) is 18.6 Å². The van der Waals surface area contributed by atoms with Crippen LogP contribution in [0.5, 0.6) is 0 Å². The van der Waals surface area contributed by atoms with Crippen molar-refractivity contribution >= 4 is 17.3 Å². The SMILES string of the molecule is CC(C)CNCc1ccc(Cl)cc1N1CCCC1(C)C. The lowest BCUT2D eigenvalue weighted by molar-refractivity contribution is 0.513. The van der Waals surface area contributed by atoms with Gasteiger partial charge in [-0.25, -0.2) is 0 Å². The zero-order valence-corrected chi connectivity index (χ0v) is 13.9. The summed E-state index contributed by atoms with van der Waals surface area (Å²) in [5.74, 6) is 0.675. The number of nitrogens with zero attached hydrogens (tertiary/aromatic N) is 1. The molecule has 0 bridgehead atoms. The van der Waals surface area contributed by atoms with Crippen LogP contribution in [0.25, 0.3) is 0 Å². The first-order chi connectivity index (χ1) is 9.40. The Bertz CT molecular complexity index is 454. The predicted molar refractivity (Wildman–Crippen MR) is 88.7 cm³/mol. The summed E-state index contributed by atoms with van der Waals surface area (Å²) in [6, 6.07) is 6.29. The average Bonchev–Trinajstić information content (AvgIpc) is 2.70. The molecule has 0 amide bonds. The van der Waals surface area contributed by atoms with Gasteiger partial charge in [0.1, 0.15) is 0 Å². The third-order valence-electron chi connectivity index (χ3n) is 4.11. The standard InChI is InChI=1S/C17H27ClN2/c1-13(2)11-19-12-14-6-7-15(18)10-16(14)20-9-5-8-17(20,3)4/h6-7,10,13,19H,5,8-9,11-12H2,1-4H3. The van der Waals surface area contributed by atoms with E-state index in [1.165, 1.54) is 24.1 Å². The number of benzene rings is 1. The van der Waals surface area contributed by atoms with Crippen molar-refractivity contribution in [3.05, 3.63) is 28.8 Å². The normalized spacial score (nSPS) is 18.0. The van der Waals surface area contributed by atoms with Gasteiger partial charge in [-0.2, -0.15) is 0 Å². The smallest absolute Gasteiger partial charge is 0.0431 e. The van der Waals surface area contributed by atoms with Crippen molar-refractivity contribution in [1.29, 1.82) is 0 Å². The highest BCUT2D eigenvalue weighted by atomic mass is 35.5. The molecule has 0 aromatic heterocycles. The Labute approximate surface area is 128 Å². The lowest BCUT2D eigenvalue weighted by Crippen LogP contribution is -2.39. The molecular formula is C17H27ClN2. The lowest BCUT2D eigenvalue weighted by Gasteiger charge is -2.35. The zero-order valence-electron chi connectivity index (χ0n) is 13.2. The van der Waals surface area contributed by atoms with Gasteiger partial charge in [0.15, 0.2) is 0 Å². The van der Waals surface area contributed by atoms with Gasteiger partial charge in [0.2, 0.25) is 0 Å². The largest absolute Gasteiger partial charge is 0.366 e. The Hall–Kier alpha value is -0.730. The van der Waals surface area contributed by atoms with E-state index in [2.05, 4.69) is 50.0 Å². The molecular weight excluding hydrogens is 268 g/mol.